The highest BCUT2D eigenvalue weighted by molar-refractivity contribution is 6.11. The van der Waals surface area contributed by atoms with E-state index in [1.807, 2.05) is 93.6 Å². The summed E-state index contributed by atoms with van der Waals surface area (Å²) in [5.41, 5.74) is 9.96. The van der Waals surface area contributed by atoms with E-state index in [1.54, 1.807) is 0 Å². The van der Waals surface area contributed by atoms with Crippen molar-refractivity contribution in [3.8, 4) is 0 Å². The summed E-state index contributed by atoms with van der Waals surface area (Å²) in [4.78, 5) is 24.7. The van der Waals surface area contributed by atoms with Gasteiger partial charge in [0.25, 0.3) is 0 Å². The Labute approximate surface area is 203 Å². The summed E-state index contributed by atoms with van der Waals surface area (Å²) in [6.07, 6.45) is 0. The van der Waals surface area contributed by atoms with Crippen molar-refractivity contribution >= 4 is 11.6 Å². The number of carbonyl (C=O) groups is 2. The fraction of sp³-hybridized carbons (Fsp3) is 0.188. The molecular formula is C32H32O2. The summed E-state index contributed by atoms with van der Waals surface area (Å²) in [5.74, 6) is 0.215. The van der Waals surface area contributed by atoms with E-state index in [9.17, 15) is 9.59 Å². The first-order valence-corrected chi connectivity index (χ1v) is 11.5. The highest BCUT2D eigenvalue weighted by Crippen LogP contribution is 2.21. The van der Waals surface area contributed by atoms with Crippen LogP contribution in [-0.2, 0) is 0 Å². The Balaban J connectivity index is 0.000000191. The van der Waals surface area contributed by atoms with Crippen molar-refractivity contribution in [2.45, 2.75) is 41.5 Å². The topological polar surface area (TPSA) is 34.1 Å². The van der Waals surface area contributed by atoms with E-state index in [2.05, 4.69) is 32.9 Å². The van der Waals surface area contributed by atoms with E-state index in [4.69, 9.17) is 0 Å². The maximum Gasteiger partial charge on any atom is 0.193 e. The second-order valence-corrected chi connectivity index (χ2v) is 8.84. The van der Waals surface area contributed by atoms with Gasteiger partial charge in [-0.25, -0.2) is 0 Å². The predicted octanol–water partition coefficient (Wildman–Crippen LogP) is 7.69. The predicted molar refractivity (Wildman–Crippen MR) is 141 cm³/mol. The molecule has 34 heavy (non-hydrogen) atoms. The molecule has 0 bridgehead atoms. The number of rotatable bonds is 4. The van der Waals surface area contributed by atoms with Crippen molar-refractivity contribution in [2.75, 3.05) is 0 Å². The standard InChI is InChI=1S/2C16H16O/c1-11-9-12(2)15(13(3)10-11)16(17)14-7-5-4-6-8-14;1-11-9-10-15(13(3)12(11)2)16(17)14-7-5-4-6-8-14/h2*4-10H,1-3H3. The summed E-state index contributed by atoms with van der Waals surface area (Å²) in [5, 5.41) is 0. The fourth-order valence-electron chi connectivity index (χ4n) is 4.22. The number of benzene rings is 4. The van der Waals surface area contributed by atoms with E-state index in [0.29, 0.717) is 0 Å². The van der Waals surface area contributed by atoms with Gasteiger partial charge in [0.15, 0.2) is 11.6 Å². The van der Waals surface area contributed by atoms with Gasteiger partial charge < -0.3 is 0 Å². The molecule has 0 amide bonds. The summed E-state index contributed by atoms with van der Waals surface area (Å²) in [6, 6.07) is 26.9. The smallest absolute Gasteiger partial charge is 0.193 e. The third-order valence-electron chi connectivity index (χ3n) is 6.28. The molecule has 4 rings (SSSR count). The van der Waals surface area contributed by atoms with Crippen LogP contribution in [0.3, 0.4) is 0 Å². The van der Waals surface area contributed by atoms with Gasteiger partial charge in [-0.2, -0.15) is 0 Å². The Bertz CT molecular complexity index is 1290. The minimum atomic E-state index is 0.103. The van der Waals surface area contributed by atoms with Crippen molar-refractivity contribution in [2.24, 2.45) is 0 Å². The highest BCUT2D eigenvalue weighted by atomic mass is 16.1. The van der Waals surface area contributed by atoms with Gasteiger partial charge in [0.2, 0.25) is 0 Å². The van der Waals surface area contributed by atoms with Crippen LogP contribution in [0.1, 0.15) is 65.2 Å². The van der Waals surface area contributed by atoms with Crippen molar-refractivity contribution in [3.05, 3.63) is 141 Å². The van der Waals surface area contributed by atoms with Crippen molar-refractivity contribution in [3.63, 3.8) is 0 Å². The largest absolute Gasteiger partial charge is 0.289 e. The molecule has 172 valence electrons. The lowest BCUT2D eigenvalue weighted by Gasteiger charge is -2.10. The van der Waals surface area contributed by atoms with E-state index in [0.717, 1.165) is 38.9 Å². The molecule has 0 fully saturated rings. The lowest BCUT2D eigenvalue weighted by molar-refractivity contribution is 0.103. The molecule has 0 N–H and O–H groups in total. The fourth-order valence-corrected chi connectivity index (χ4v) is 4.22. The molecule has 2 nitrogen and oxygen atoms in total. The van der Waals surface area contributed by atoms with Crippen LogP contribution in [0, 0.1) is 41.5 Å². The normalized spacial score (nSPS) is 10.3. The van der Waals surface area contributed by atoms with Crippen LogP contribution >= 0.6 is 0 Å². The van der Waals surface area contributed by atoms with Gasteiger partial charge in [-0.15, -0.1) is 0 Å². The van der Waals surface area contributed by atoms with Gasteiger partial charge in [-0.1, -0.05) is 90.5 Å². The molecule has 4 aromatic rings. The molecule has 0 heterocycles. The molecule has 4 aromatic carbocycles. The molecular weight excluding hydrogens is 416 g/mol. The molecule has 0 atom stereocenters. The Morgan fingerprint density at radius 1 is 0.500 bits per heavy atom. The zero-order valence-electron chi connectivity index (χ0n) is 20.9. The van der Waals surface area contributed by atoms with E-state index in [1.165, 1.54) is 16.7 Å². The van der Waals surface area contributed by atoms with Gasteiger partial charge in [0, 0.05) is 22.3 Å². The van der Waals surface area contributed by atoms with Gasteiger partial charge >= 0.3 is 0 Å². The summed E-state index contributed by atoms with van der Waals surface area (Å²) in [6.45, 7) is 12.2. The van der Waals surface area contributed by atoms with Gasteiger partial charge in [0.1, 0.15) is 0 Å². The molecule has 0 radical (unpaired) electrons. The quantitative estimate of drug-likeness (QED) is 0.300. The Morgan fingerprint density at radius 3 is 1.47 bits per heavy atom. The third kappa shape index (κ3) is 5.58. The summed E-state index contributed by atoms with van der Waals surface area (Å²) < 4.78 is 0. The zero-order valence-corrected chi connectivity index (χ0v) is 20.9. The summed E-state index contributed by atoms with van der Waals surface area (Å²) in [7, 11) is 0. The van der Waals surface area contributed by atoms with Crippen LogP contribution in [0.2, 0.25) is 0 Å². The highest BCUT2D eigenvalue weighted by Gasteiger charge is 2.14. The maximum atomic E-state index is 12.4. The zero-order chi connectivity index (χ0) is 24.8. The Hall–Kier alpha value is -3.78. The van der Waals surface area contributed by atoms with E-state index >= 15 is 0 Å². The lowest BCUT2D eigenvalue weighted by Crippen LogP contribution is -2.06. The summed E-state index contributed by atoms with van der Waals surface area (Å²) >= 11 is 0. The SMILES string of the molecule is Cc1cc(C)c(C(=O)c2ccccc2)c(C)c1.Cc1ccc(C(=O)c2ccccc2)c(C)c1C. The van der Waals surface area contributed by atoms with Crippen molar-refractivity contribution < 1.29 is 9.59 Å². The van der Waals surface area contributed by atoms with Gasteiger partial charge in [-0.3, -0.25) is 9.59 Å². The second kappa shape index (κ2) is 10.9. The van der Waals surface area contributed by atoms with Crippen molar-refractivity contribution in [1.82, 2.24) is 0 Å². The molecule has 2 heteroatoms. The number of aryl methyl sites for hydroxylation is 4. The van der Waals surface area contributed by atoms with E-state index in [-0.39, 0.29) is 11.6 Å². The van der Waals surface area contributed by atoms with Crippen LogP contribution < -0.4 is 0 Å². The molecule has 0 saturated heterocycles. The van der Waals surface area contributed by atoms with Gasteiger partial charge in [-0.05, 0) is 69.4 Å². The van der Waals surface area contributed by atoms with Crippen LogP contribution in [0.25, 0.3) is 0 Å². The van der Waals surface area contributed by atoms with Gasteiger partial charge in [0.05, 0.1) is 0 Å². The first-order chi connectivity index (χ1) is 16.2. The minimum Gasteiger partial charge on any atom is -0.289 e. The molecule has 0 aliphatic rings. The second-order valence-electron chi connectivity index (χ2n) is 8.84. The Morgan fingerprint density at radius 2 is 0.971 bits per heavy atom. The third-order valence-corrected chi connectivity index (χ3v) is 6.28. The molecule has 0 spiro atoms. The number of hydrogen-bond acceptors (Lipinski definition) is 2. The molecule has 0 saturated carbocycles. The van der Waals surface area contributed by atoms with Crippen LogP contribution in [0.4, 0.5) is 0 Å². The monoisotopic (exact) mass is 448 g/mol. The van der Waals surface area contributed by atoms with Crippen LogP contribution in [-0.4, -0.2) is 11.6 Å². The minimum absolute atomic E-state index is 0.103. The first-order valence-electron chi connectivity index (χ1n) is 11.5. The van der Waals surface area contributed by atoms with Crippen LogP contribution in [0.5, 0.6) is 0 Å². The maximum absolute atomic E-state index is 12.4. The number of ketones is 2. The molecule has 0 aliphatic carbocycles. The Kier molecular flexibility index (Phi) is 7.96. The molecule has 0 unspecified atom stereocenters. The average molecular weight is 449 g/mol. The molecule has 0 aromatic heterocycles. The average Bonchev–Trinajstić information content (AvgIpc) is 2.83. The number of carbonyl (C=O) groups excluding carboxylic acids is 2. The van der Waals surface area contributed by atoms with Crippen molar-refractivity contribution in [1.29, 1.82) is 0 Å². The van der Waals surface area contributed by atoms with E-state index < -0.39 is 0 Å². The first kappa shape index (κ1) is 24.9. The van der Waals surface area contributed by atoms with Crippen LogP contribution in [0.15, 0.2) is 84.9 Å². The lowest BCUT2D eigenvalue weighted by atomic mass is 9.93. The number of hydrogen-bond donors (Lipinski definition) is 0. The molecule has 0 aliphatic heterocycles.